The van der Waals surface area contributed by atoms with Gasteiger partial charge in [-0.05, 0) is 64.6 Å². The van der Waals surface area contributed by atoms with Crippen LogP contribution in [0.15, 0.2) is 106 Å². The van der Waals surface area contributed by atoms with E-state index in [9.17, 15) is 13.0 Å². The normalized spacial score (nSPS) is 17.7. The zero-order valence-electron chi connectivity index (χ0n) is 17.7. The Kier molecular flexibility index (Phi) is 5.98. The predicted molar refractivity (Wildman–Crippen MR) is 143 cm³/mol. The molecule has 1 aliphatic rings. The molecule has 4 aromatic rings. The minimum atomic E-state index is -3.85. The van der Waals surface area contributed by atoms with Crippen LogP contribution in [0.25, 0.3) is 14.4 Å². The number of anilines is 1. The van der Waals surface area contributed by atoms with Gasteiger partial charge in [0.25, 0.3) is 10.0 Å². The molecule has 1 atom stereocenters. The quantitative estimate of drug-likeness (QED) is 0.211. The van der Waals surface area contributed by atoms with Crippen LogP contribution in [0.3, 0.4) is 0 Å². The molecule has 166 valence electrons. The molecule has 0 saturated heterocycles. The fourth-order valence-electron chi connectivity index (χ4n) is 4.00. The average molecular weight is 585 g/mol. The first-order valence-electron chi connectivity index (χ1n) is 10.3. The number of fused-ring (bicyclic) bond motifs is 2. The van der Waals surface area contributed by atoms with Gasteiger partial charge in [0.1, 0.15) is 12.2 Å². The van der Waals surface area contributed by atoms with Crippen LogP contribution in [0.4, 0.5) is 5.69 Å². The van der Waals surface area contributed by atoms with Gasteiger partial charge in [0.05, 0.1) is 8.48 Å². The SMILES string of the molecule is Cc1ccc(S(=O)(=O)N2CC(=C(I)c3cccc4ccccc34)[S+]([O-])c3ccccc32)cc1. The summed E-state index contributed by atoms with van der Waals surface area (Å²) in [6.45, 7) is 1.95. The molecule has 0 saturated carbocycles. The van der Waals surface area contributed by atoms with Gasteiger partial charge in [-0.3, -0.25) is 4.31 Å². The highest BCUT2D eigenvalue weighted by molar-refractivity contribution is 14.1. The first-order valence-corrected chi connectivity index (χ1v) is 14.0. The summed E-state index contributed by atoms with van der Waals surface area (Å²) in [4.78, 5) is 1.31. The van der Waals surface area contributed by atoms with Crippen molar-refractivity contribution < 1.29 is 13.0 Å². The fraction of sp³-hybridized carbons (Fsp3) is 0.0769. The van der Waals surface area contributed by atoms with E-state index in [2.05, 4.69) is 22.6 Å². The van der Waals surface area contributed by atoms with Crippen molar-refractivity contribution in [2.24, 2.45) is 0 Å². The van der Waals surface area contributed by atoms with Crippen LogP contribution >= 0.6 is 22.6 Å². The molecule has 0 aromatic heterocycles. The van der Waals surface area contributed by atoms with Crippen molar-refractivity contribution in [3.8, 4) is 0 Å². The third-order valence-corrected chi connectivity index (χ3v) is 10.6. The molecule has 7 heteroatoms. The van der Waals surface area contributed by atoms with Gasteiger partial charge in [-0.15, -0.1) is 0 Å². The molecule has 0 spiro atoms. The zero-order valence-corrected chi connectivity index (χ0v) is 21.5. The maximum absolute atomic E-state index is 13.7. The van der Waals surface area contributed by atoms with Crippen LogP contribution in [0.2, 0.25) is 0 Å². The molecule has 5 rings (SSSR count). The molecule has 0 fully saturated rings. The van der Waals surface area contributed by atoms with Crippen LogP contribution in [0.1, 0.15) is 11.1 Å². The lowest BCUT2D eigenvalue weighted by Gasteiger charge is -2.32. The number of para-hydroxylation sites is 1. The van der Waals surface area contributed by atoms with Crippen molar-refractivity contribution in [3.05, 3.63) is 107 Å². The number of hydrogen-bond donors (Lipinski definition) is 0. The molecular weight excluding hydrogens is 565 g/mol. The van der Waals surface area contributed by atoms with Gasteiger partial charge in [-0.25, -0.2) is 8.42 Å². The lowest BCUT2D eigenvalue weighted by atomic mass is 10.0. The Morgan fingerprint density at radius 1 is 0.909 bits per heavy atom. The Labute approximate surface area is 210 Å². The molecule has 0 aliphatic carbocycles. The standard InChI is InChI=1S/C26H20INO3S2/c1-18-13-15-20(16-14-18)33(30,31)28-17-25(32(29)24-12-5-4-11-23(24)28)26(27)22-10-6-8-19-7-2-3-9-21(19)22/h2-16H,17H2,1H3. The van der Waals surface area contributed by atoms with Crippen molar-refractivity contribution in [3.63, 3.8) is 0 Å². The molecule has 0 amide bonds. The van der Waals surface area contributed by atoms with Gasteiger partial charge >= 0.3 is 0 Å². The van der Waals surface area contributed by atoms with E-state index in [1.165, 1.54) is 4.31 Å². The molecular formula is C26H20INO3S2. The molecule has 0 N–H and O–H groups in total. The van der Waals surface area contributed by atoms with E-state index in [1.807, 2.05) is 49.4 Å². The summed E-state index contributed by atoms with van der Waals surface area (Å²) in [6, 6.07) is 27.9. The topological polar surface area (TPSA) is 60.4 Å². The molecule has 1 unspecified atom stereocenters. The maximum Gasteiger partial charge on any atom is 0.264 e. The van der Waals surface area contributed by atoms with E-state index in [1.54, 1.807) is 48.5 Å². The molecule has 33 heavy (non-hydrogen) atoms. The second-order valence-electron chi connectivity index (χ2n) is 7.83. The van der Waals surface area contributed by atoms with E-state index in [0.717, 1.165) is 25.5 Å². The lowest BCUT2D eigenvalue weighted by molar-refractivity contribution is 0.587. The first-order chi connectivity index (χ1) is 15.9. The van der Waals surface area contributed by atoms with Crippen LogP contribution in [0.5, 0.6) is 0 Å². The van der Waals surface area contributed by atoms with E-state index in [-0.39, 0.29) is 11.4 Å². The van der Waals surface area contributed by atoms with Crippen molar-refractivity contribution >= 4 is 63.8 Å². The van der Waals surface area contributed by atoms with Gasteiger partial charge in [-0.1, -0.05) is 72.3 Å². The summed E-state index contributed by atoms with van der Waals surface area (Å²) in [5.74, 6) is 0. The first kappa shape index (κ1) is 22.5. The monoisotopic (exact) mass is 585 g/mol. The van der Waals surface area contributed by atoms with Crippen molar-refractivity contribution in [2.75, 3.05) is 10.8 Å². The van der Waals surface area contributed by atoms with Gasteiger partial charge in [-0.2, -0.15) is 0 Å². The van der Waals surface area contributed by atoms with E-state index < -0.39 is 21.2 Å². The van der Waals surface area contributed by atoms with Crippen LogP contribution in [-0.2, 0) is 21.2 Å². The van der Waals surface area contributed by atoms with Crippen LogP contribution < -0.4 is 4.31 Å². The zero-order chi connectivity index (χ0) is 23.2. The van der Waals surface area contributed by atoms with Crippen molar-refractivity contribution in [1.29, 1.82) is 0 Å². The molecule has 1 heterocycles. The number of rotatable bonds is 3. The number of nitrogens with zero attached hydrogens (tertiary/aromatic N) is 1. The summed E-state index contributed by atoms with van der Waals surface area (Å²) in [5.41, 5.74) is 2.39. The second kappa shape index (κ2) is 8.79. The third kappa shape index (κ3) is 3.97. The van der Waals surface area contributed by atoms with E-state index in [4.69, 9.17) is 0 Å². The highest BCUT2D eigenvalue weighted by atomic mass is 127. The summed E-state index contributed by atoms with van der Waals surface area (Å²) in [5, 5.41) is 2.12. The maximum atomic E-state index is 13.7. The minimum Gasteiger partial charge on any atom is -0.607 e. The molecule has 1 aliphatic heterocycles. The Balaban J connectivity index is 1.70. The van der Waals surface area contributed by atoms with Gasteiger partial charge in [0.2, 0.25) is 0 Å². The number of aryl methyl sites for hydroxylation is 1. The third-order valence-electron chi connectivity index (χ3n) is 5.72. The predicted octanol–water partition coefficient (Wildman–Crippen LogP) is 6.27. The number of sulfonamides is 1. The number of benzene rings is 4. The molecule has 0 bridgehead atoms. The Hall–Kier alpha value is -2.33. The number of hydrogen-bond acceptors (Lipinski definition) is 3. The number of halogens is 1. The lowest BCUT2D eigenvalue weighted by Crippen LogP contribution is -2.39. The Bertz CT molecular complexity index is 1490. The van der Waals surface area contributed by atoms with Crippen molar-refractivity contribution in [1.82, 2.24) is 0 Å². The minimum absolute atomic E-state index is 0.0291. The molecule has 4 nitrogen and oxygen atoms in total. The molecule has 4 aromatic carbocycles. The molecule has 0 radical (unpaired) electrons. The van der Waals surface area contributed by atoms with E-state index in [0.29, 0.717) is 15.5 Å². The van der Waals surface area contributed by atoms with Crippen LogP contribution in [0, 0.1) is 6.92 Å². The summed E-state index contributed by atoms with van der Waals surface area (Å²) in [7, 11) is -3.85. The largest absolute Gasteiger partial charge is 0.607 e. The van der Waals surface area contributed by atoms with Crippen molar-refractivity contribution in [2.45, 2.75) is 16.7 Å². The highest BCUT2D eigenvalue weighted by Crippen LogP contribution is 2.43. The highest BCUT2D eigenvalue weighted by Gasteiger charge is 2.40. The van der Waals surface area contributed by atoms with Gasteiger partial charge in [0, 0.05) is 16.7 Å². The fourth-order valence-corrected chi connectivity index (χ4v) is 8.18. The summed E-state index contributed by atoms with van der Waals surface area (Å²) >= 11 is 0.735. The average Bonchev–Trinajstić information content (AvgIpc) is 2.84. The Morgan fingerprint density at radius 3 is 2.36 bits per heavy atom. The van der Waals surface area contributed by atoms with E-state index >= 15 is 0 Å². The Morgan fingerprint density at radius 2 is 1.58 bits per heavy atom. The summed E-state index contributed by atoms with van der Waals surface area (Å²) < 4.78 is 43.2. The summed E-state index contributed by atoms with van der Waals surface area (Å²) in [6.07, 6.45) is 0. The smallest absolute Gasteiger partial charge is 0.264 e. The van der Waals surface area contributed by atoms with Crippen LogP contribution in [-0.4, -0.2) is 19.5 Å². The van der Waals surface area contributed by atoms with Gasteiger partial charge in [0.15, 0.2) is 9.80 Å². The second-order valence-corrected chi connectivity index (χ2v) is 12.2. The van der Waals surface area contributed by atoms with Gasteiger partial charge < -0.3 is 4.55 Å².